The highest BCUT2D eigenvalue weighted by atomic mass is 32.2. The Bertz CT molecular complexity index is 858. The van der Waals surface area contributed by atoms with Gasteiger partial charge in [-0.1, -0.05) is 19.9 Å². The lowest BCUT2D eigenvalue weighted by Crippen LogP contribution is -2.14. The summed E-state index contributed by atoms with van der Waals surface area (Å²) in [6.07, 6.45) is 0.621. The Kier molecular flexibility index (Phi) is 7.99. The van der Waals surface area contributed by atoms with Crippen LogP contribution in [0.5, 0.6) is 11.5 Å². The minimum atomic E-state index is -0.513. The molecular weight excluding hydrogens is 380 g/mol. The third-order valence-electron chi connectivity index (χ3n) is 4.19. The van der Waals surface area contributed by atoms with Gasteiger partial charge in [-0.25, -0.2) is 0 Å². The van der Waals surface area contributed by atoms with Gasteiger partial charge in [-0.2, -0.15) is 0 Å². The van der Waals surface area contributed by atoms with Crippen molar-refractivity contribution < 1.29 is 23.8 Å². The summed E-state index contributed by atoms with van der Waals surface area (Å²) in [6.45, 7) is 4.00. The monoisotopic (exact) mass is 406 g/mol. The third-order valence-corrected chi connectivity index (χ3v) is 5.21. The molecule has 1 aromatic carbocycles. The van der Waals surface area contributed by atoms with Crippen LogP contribution in [0.25, 0.3) is 0 Å². The van der Waals surface area contributed by atoms with E-state index >= 15 is 0 Å². The van der Waals surface area contributed by atoms with Crippen LogP contribution in [0.4, 0.5) is 0 Å². The summed E-state index contributed by atoms with van der Waals surface area (Å²) >= 11 is 1.48. The summed E-state index contributed by atoms with van der Waals surface area (Å²) in [5.74, 6) is 0.692. The molecule has 0 bridgehead atoms. The van der Waals surface area contributed by atoms with Crippen LogP contribution in [-0.2, 0) is 15.3 Å². The first kappa shape index (κ1) is 21.9. The van der Waals surface area contributed by atoms with E-state index in [1.807, 2.05) is 38.1 Å². The topological polar surface area (TPSA) is 86.0 Å². The Hall–Kier alpha value is -2.41. The SMILES string of the molecule is COC(=O)C[C@@H](CC(C)C)c1oc(CSc2cccc(OC)c2)cc(=O)c1O. The number of carbonyl (C=O) groups excluding carboxylic acids is 1. The van der Waals surface area contributed by atoms with E-state index in [2.05, 4.69) is 0 Å². The zero-order valence-electron chi connectivity index (χ0n) is 16.6. The largest absolute Gasteiger partial charge is 0.502 e. The summed E-state index contributed by atoms with van der Waals surface area (Å²) in [5.41, 5.74) is -0.513. The average Bonchev–Trinajstić information content (AvgIpc) is 2.67. The maximum Gasteiger partial charge on any atom is 0.306 e. The molecule has 0 spiro atoms. The van der Waals surface area contributed by atoms with Crippen molar-refractivity contribution in [2.75, 3.05) is 14.2 Å². The lowest BCUT2D eigenvalue weighted by molar-refractivity contribution is -0.141. The standard InChI is InChI=1S/C21H26O6S/c1-13(2)8-14(9-19(23)26-4)21-20(24)18(22)11-16(27-21)12-28-17-7-5-6-15(10-17)25-3/h5-7,10-11,13-14,24H,8-9,12H2,1-4H3/t14-/m1/s1. The molecule has 0 saturated carbocycles. The van der Waals surface area contributed by atoms with Crippen LogP contribution in [-0.4, -0.2) is 25.3 Å². The number of rotatable bonds is 9. The second-order valence-electron chi connectivity index (χ2n) is 6.86. The van der Waals surface area contributed by atoms with Crippen LogP contribution in [0.2, 0.25) is 0 Å². The van der Waals surface area contributed by atoms with Crippen LogP contribution in [0.3, 0.4) is 0 Å². The van der Waals surface area contributed by atoms with E-state index in [9.17, 15) is 14.7 Å². The number of thioether (sulfide) groups is 1. The number of benzene rings is 1. The Morgan fingerprint density at radius 1 is 1.25 bits per heavy atom. The Morgan fingerprint density at radius 2 is 2.00 bits per heavy atom. The van der Waals surface area contributed by atoms with Gasteiger partial charge in [-0.15, -0.1) is 11.8 Å². The maximum absolute atomic E-state index is 12.3. The molecule has 1 atom stereocenters. The van der Waals surface area contributed by atoms with Gasteiger partial charge in [0.25, 0.3) is 0 Å². The van der Waals surface area contributed by atoms with Crippen molar-refractivity contribution in [1.29, 1.82) is 0 Å². The van der Waals surface area contributed by atoms with E-state index in [1.165, 1.54) is 24.9 Å². The molecule has 2 aromatic rings. The minimum absolute atomic E-state index is 0.0393. The number of hydrogen-bond acceptors (Lipinski definition) is 7. The van der Waals surface area contributed by atoms with Crippen LogP contribution < -0.4 is 10.2 Å². The van der Waals surface area contributed by atoms with Crippen LogP contribution >= 0.6 is 11.8 Å². The smallest absolute Gasteiger partial charge is 0.306 e. The van der Waals surface area contributed by atoms with Gasteiger partial charge in [0.05, 0.1) is 26.4 Å². The highest BCUT2D eigenvalue weighted by Crippen LogP contribution is 2.34. The molecular formula is C21H26O6S. The summed E-state index contributed by atoms with van der Waals surface area (Å²) in [4.78, 5) is 25.0. The van der Waals surface area contributed by atoms with E-state index in [-0.39, 0.29) is 18.1 Å². The van der Waals surface area contributed by atoms with Gasteiger partial charge in [0.2, 0.25) is 11.2 Å². The quantitative estimate of drug-likeness (QED) is 0.490. The second-order valence-corrected chi connectivity index (χ2v) is 7.91. The van der Waals surface area contributed by atoms with Gasteiger partial charge >= 0.3 is 5.97 Å². The molecule has 7 heteroatoms. The van der Waals surface area contributed by atoms with Crippen LogP contribution in [0, 0.1) is 5.92 Å². The minimum Gasteiger partial charge on any atom is -0.502 e. The lowest BCUT2D eigenvalue weighted by Gasteiger charge is -2.18. The molecule has 0 radical (unpaired) electrons. The van der Waals surface area contributed by atoms with E-state index in [0.29, 0.717) is 17.9 Å². The van der Waals surface area contributed by atoms with Crippen molar-refractivity contribution in [1.82, 2.24) is 0 Å². The first-order valence-electron chi connectivity index (χ1n) is 9.03. The predicted molar refractivity (Wildman–Crippen MR) is 108 cm³/mol. The van der Waals surface area contributed by atoms with Crippen molar-refractivity contribution in [3.63, 3.8) is 0 Å². The van der Waals surface area contributed by atoms with Crippen molar-refractivity contribution in [3.05, 3.63) is 52.1 Å². The Morgan fingerprint density at radius 3 is 2.64 bits per heavy atom. The summed E-state index contributed by atoms with van der Waals surface area (Å²) in [6, 6.07) is 8.85. The number of methoxy groups -OCH3 is 2. The fourth-order valence-corrected chi connectivity index (χ4v) is 3.71. The maximum atomic E-state index is 12.3. The van der Waals surface area contributed by atoms with E-state index in [4.69, 9.17) is 13.9 Å². The van der Waals surface area contributed by atoms with Crippen molar-refractivity contribution in [2.45, 2.75) is 43.3 Å². The van der Waals surface area contributed by atoms with Gasteiger partial charge in [0.15, 0.2) is 5.76 Å². The van der Waals surface area contributed by atoms with Gasteiger partial charge in [0.1, 0.15) is 11.5 Å². The van der Waals surface area contributed by atoms with Gasteiger partial charge in [-0.05, 0) is 30.5 Å². The summed E-state index contributed by atoms with van der Waals surface area (Å²) < 4.78 is 15.8. The predicted octanol–water partition coefficient (Wildman–Crippen LogP) is 4.34. The second kappa shape index (κ2) is 10.2. The molecule has 0 aliphatic carbocycles. The molecule has 152 valence electrons. The van der Waals surface area contributed by atoms with Crippen LogP contribution in [0.15, 0.2) is 44.4 Å². The first-order chi connectivity index (χ1) is 13.3. The molecule has 1 heterocycles. The Labute approximate surface area is 168 Å². The van der Waals surface area contributed by atoms with Crippen molar-refractivity contribution in [2.24, 2.45) is 5.92 Å². The zero-order valence-corrected chi connectivity index (χ0v) is 17.4. The molecule has 0 aliphatic heterocycles. The molecule has 2 rings (SSSR count). The number of carbonyl (C=O) groups is 1. The normalized spacial score (nSPS) is 12.0. The third kappa shape index (κ3) is 6.05. The number of ether oxygens (including phenoxy) is 2. The lowest BCUT2D eigenvalue weighted by atomic mass is 9.91. The van der Waals surface area contributed by atoms with Gasteiger partial charge in [0, 0.05) is 16.9 Å². The summed E-state index contributed by atoms with van der Waals surface area (Å²) in [5, 5.41) is 10.3. The zero-order chi connectivity index (χ0) is 20.7. The number of hydrogen-bond donors (Lipinski definition) is 1. The summed E-state index contributed by atoms with van der Waals surface area (Å²) in [7, 11) is 2.91. The number of esters is 1. The molecule has 0 aliphatic rings. The van der Waals surface area contributed by atoms with Crippen molar-refractivity contribution in [3.8, 4) is 11.5 Å². The van der Waals surface area contributed by atoms with Crippen molar-refractivity contribution >= 4 is 17.7 Å². The Balaban J connectivity index is 2.28. The molecule has 0 saturated heterocycles. The molecule has 1 N–H and O–H groups in total. The molecule has 0 unspecified atom stereocenters. The van der Waals surface area contributed by atoms with E-state index < -0.39 is 23.1 Å². The molecule has 6 nitrogen and oxygen atoms in total. The van der Waals surface area contributed by atoms with Gasteiger partial charge in [-0.3, -0.25) is 9.59 Å². The highest BCUT2D eigenvalue weighted by molar-refractivity contribution is 7.98. The molecule has 0 fully saturated rings. The molecule has 0 amide bonds. The fraction of sp³-hybridized carbons (Fsp3) is 0.429. The highest BCUT2D eigenvalue weighted by Gasteiger charge is 2.25. The van der Waals surface area contributed by atoms with Gasteiger partial charge < -0.3 is 19.0 Å². The fourth-order valence-electron chi connectivity index (χ4n) is 2.88. The molecule has 28 heavy (non-hydrogen) atoms. The average molecular weight is 407 g/mol. The van der Waals surface area contributed by atoms with E-state index in [1.54, 1.807) is 7.11 Å². The van der Waals surface area contributed by atoms with Crippen LogP contribution in [0.1, 0.15) is 44.1 Å². The molecule has 1 aromatic heterocycles. The van der Waals surface area contributed by atoms with E-state index in [0.717, 1.165) is 10.6 Å². The number of aromatic hydroxyl groups is 1. The first-order valence-corrected chi connectivity index (χ1v) is 10.0.